The van der Waals surface area contributed by atoms with Crippen molar-refractivity contribution in [3.05, 3.63) is 33.3 Å². The van der Waals surface area contributed by atoms with E-state index in [1.807, 2.05) is 19.9 Å². The first-order chi connectivity index (χ1) is 5.52. The lowest BCUT2D eigenvalue weighted by molar-refractivity contribution is 0.108. The lowest BCUT2D eigenvalue weighted by Gasteiger charge is -2.03. The van der Waals surface area contributed by atoms with E-state index in [1.54, 1.807) is 6.07 Å². The molecule has 0 heterocycles. The summed E-state index contributed by atoms with van der Waals surface area (Å²) in [5.74, 6) is 0. The fraction of sp³-hybridized carbons (Fsp3) is 0.222. The molecular formula is C9H8BrClO. The van der Waals surface area contributed by atoms with E-state index < -0.39 is 5.24 Å². The molecule has 0 saturated heterocycles. The molecule has 0 unspecified atom stereocenters. The lowest BCUT2D eigenvalue weighted by atomic mass is 10.1. The van der Waals surface area contributed by atoms with Crippen LogP contribution in [0.5, 0.6) is 0 Å². The Balaban J connectivity index is 3.33. The van der Waals surface area contributed by atoms with Gasteiger partial charge in [-0.15, -0.1) is 0 Å². The maximum Gasteiger partial charge on any atom is 0.252 e. The van der Waals surface area contributed by atoms with Crippen molar-refractivity contribution < 1.29 is 4.79 Å². The second kappa shape index (κ2) is 3.58. The van der Waals surface area contributed by atoms with E-state index in [9.17, 15) is 4.79 Å². The predicted octanol–water partition coefficient (Wildman–Crippen LogP) is 3.44. The minimum atomic E-state index is -0.409. The summed E-state index contributed by atoms with van der Waals surface area (Å²) in [6.45, 7) is 3.84. The van der Waals surface area contributed by atoms with Crippen LogP contribution < -0.4 is 0 Å². The van der Waals surface area contributed by atoms with Crippen molar-refractivity contribution in [3.63, 3.8) is 0 Å². The molecule has 0 aliphatic heterocycles. The van der Waals surface area contributed by atoms with E-state index in [-0.39, 0.29) is 0 Å². The number of carbonyl (C=O) groups is 1. The van der Waals surface area contributed by atoms with Crippen LogP contribution in [0.4, 0.5) is 0 Å². The Morgan fingerprint density at radius 3 is 2.42 bits per heavy atom. The van der Waals surface area contributed by atoms with E-state index in [0.29, 0.717) is 5.56 Å². The summed E-state index contributed by atoms with van der Waals surface area (Å²) >= 11 is 8.71. The number of rotatable bonds is 1. The van der Waals surface area contributed by atoms with Crippen molar-refractivity contribution in [3.8, 4) is 0 Å². The third kappa shape index (κ3) is 1.87. The normalized spacial score (nSPS) is 10.0. The van der Waals surface area contributed by atoms with E-state index in [1.165, 1.54) is 0 Å². The van der Waals surface area contributed by atoms with Gasteiger partial charge in [-0.05, 0) is 42.6 Å². The molecule has 1 rings (SSSR count). The summed E-state index contributed by atoms with van der Waals surface area (Å²) in [5.41, 5.74) is 2.58. The Bertz CT molecular complexity index is 334. The molecule has 1 nitrogen and oxygen atoms in total. The zero-order valence-corrected chi connectivity index (χ0v) is 9.16. The molecule has 3 heteroatoms. The van der Waals surface area contributed by atoms with E-state index in [4.69, 9.17) is 11.6 Å². The lowest BCUT2D eigenvalue weighted by Crippen LogP contribution is -1.94. The maximum atomic E-state index is 10.9. The van der Waals surface area contributed by atoms with Gasteiger partial charge in [-0.25, -0.2) is 0 Å². The van der Waals surface area contributed by atoms with Crippen LogP contribution in [0.3, 0.4) is 0 Å². The molecule has 1 aromatic carbocycles. The van der Waals surface area contributed by atoms with Crippen molar-refractivity contribution in [1.82, 2.24) is 0 Å². The minimum Gasteiger partial charge on any atom is -0.276 e. The highest BCUT2D eigenvalue weighted by Gasteiger charge is 2.07. The number of benzene rings is 1. The topological polar surface area (TPSA) is 17.1 Å². The van der Waals surface area contributed by atoms with Gasteiger partial charge < -0.3 is 0 Å². The van der Waals surface area contributed by atoms with Gasteiger partial charge in [-0.3, -0.25) is 4.79 Å². The zero-order valence-electron chi connectivity index (χ0n) is 6.82. The number of hydrogen-bond acceptors (Lipinski definition) is 1. The van der Waals surface area contributed by atoms with Gasteiger partial charge in [0.05, 0.1) is 0 Å². The molecule has 0 radical (unpaired) electrons. The third-order valence-electron chi connectivity index (χ3n) is 1.72. The summed E-state index contributed by atoms with van der Waals surface area (Å²) in [6, 6.07) is 3.68. The van der Waals surface area contributed by atoms with Crippen molar-refractivity contribution in [2.45, 2.75) is 13.8 Å². The van der Waals surface area contributed by atoms with Gasteiger partial charge in [0.25, 0.3) is 5.24 Å². The van der Waals surface area contributed by atoms with Crippen LogP contribution >= 0.6 is 27.5 Å². The molecule has 0 atom stereocenters. The Morgan fingerprint density at radius 1 is 1.33 bits per heavy atom. The second-order valence-electron chi connectivity index (χ2n) is 2.69. The molecule has 0 fully saturated rings. The molecule has 0 amide bonds. The molecule has 0 spiro atoms. The minimum absolute atomic E-state index is 0.409. The van der Waals surface area contributed by atoms with Gasteiger partial charge in [0.15, 0.2) is 0 Å². The van der Waals surface area contributed by atoms with Gasteiger partial charge in [-0.1, -0.05) is 22.0 Å². The van der Waals surface area contributed by atoms with Gasteiger partial charge in [0.2, 0.25) is 0 Å². The number of halogens is 2. The van der Waals surface area contributed by atoms with E-state index >= 15 is 0 Å². The van der Waals surface area contributed by atoms with Crippen LogP contribution in [0.2, 0.25) is 0 Å². The molecule has 1 aromatic rings. The Hall–Kier alpha value is -0.340. The largest absolute Gasteiger partial charge is 0.276 e. The Kier molecular flexibility index (Phi) is 2.91. The first kappa shape index (κ1) is 9.75. The van der Waals surface area contributed by atoms with Crippen molar-refractivity contribution in [1.29, 1.82) is 0 Å². The molecule has 0 saturated carbocycles. The molecule has 0 bridgehead atoms. The smallest absolute Gasteiger partial charge is 0.252 e. The predicted molar refractivity (Wildman–Crippen MR) is 53.8 cm³/mol. The summed E-state index contributed by atoms with van der Waals surface area (Å²) in [7, 11) is 0. The van der Waals surface area contributed by atoms with Crippen molar-refractivity contribution in [2.24, 2.45) is 0 Å². The van der Waals surface area contributed by atoms with E-state index in [0.717, 1.165) is 15.6 Å². The average molecular weight is 248 g/mol. The fourth-order valence-electron chi connectivity index (χ4n) is 1.04. The van der Waals surface area contributed by atoms with Crippen LogP contribution in [-0.4, -0.2) is 5.24 Å². The highest BCUT2D eigenvalue weighted by atomic mass is 79.9. The van der Waals surface area contributed by atoms with Crippen molar-refractivity contribution in [2.75, 3.05) is 0 Å². The Morgan fingerprint density at radius 2 is 1.92 bits per heavy atom. The SMILES string of the molecule is Cc1cc(C)c(C(=O)Cl)cc1Br. The highest BCUT2D eigenvalue weighted by Crippen LogP contribution is 2.22. The summed E-state index contributed by atoms with van der Waals surface area (Å²) in [6.07, 6.45) is 0. The molecule has 0 aliphatic rings. The quantitative estimate of drug-likeness (QED) is 0.695. The van der Waals surface area contributed by atoms with Crippen LogP contribution in [0.1, 0.15) is 21.5 Å². The van der Waals surface area contributed by atoms with Crippen LogP contribution in [0.25, 0.3) is 0 Å². The molecule has 64 valence electrons. The Labute approximate surface area is 84.9 Å². The summed E-state index contributed by atoms with van der Waals surface area (Å²) < 4.78 is 0.914. The zero-order chi connectivity index (χ0) is 9.30. The van der Waals surface area contributed by atoms with Gasteiger partial charge in [0.1, 0.15) is 0 Å². The third-order valence-corrected chi connectivity index (χ3v) is 2.78. The van der Waals surface area contributed by atoms with Gasteiger partial charge in [0, 0.05) is 10.0 Å². The van der Waals surface area contributed by atoms with Crippen LogP contribution in [0.15, 0.2) is 16.6 Å². The number of carbonyl (C=O) groups excluding carboxylic acids is 1. The first-order valence-electron chi connectivity index (χ1n) is 3.49. The van der Waals surface area contributed by atoms with Crippen LogP contribution in [0, 0.1) is 13.8 Å². The van der Waals surface area contributed by atoms with Crippen LogP contribution in [-0.2, 0) is 0 Å². The molecule has 0 aliphatic carbocycles. The van der Waals surface area contributed by atoms with Crippen molar-refractivity contribution >= 4 is 32.8 Å². The highest BCUT2D eigenvalue weighted by molar-refractivity contribution is 9.10. The van der Waals surface area contributed by atoms with Gasteiger partial charge >= 0.3 is 0 Å². The first-order valence-corrected chi connectivity index (χ1v) is 4.66. The molecule has 0 N–H and O–H groups in total. The molecule has 12 heavy (non-hydrogen) atoms. The summed E-state index contributed by atoms with van der Waals surface area (Å²) in [4.78, 5) is 10.9. The molecular weight excluding hydrogens is 239 g/mol. The van der Waals surface area contributed by atoms with Gasteiger partial charge in [-0.2, -0.15) is 0 Å². The summed E-state index contributed by atoms with van der Waals surface area (Å²) in [5, 5.41) is -0.409. The fourth-order valence-corrected chi connectivity index (χ4v) is 1.58. The number of aryl methyl sites for hydroxylation is 2. The second-order valence-corrected chi connectivity index (χ2v) is 3.89. The standard InChI is InChI=1S/C9H8BrClO/c1-5-3-6(2)8(10)4-7(5)9(11)12/h3-4H,1-2H3. The van der Waals surface area contributed by atoms with E-state index in [2.05, 4.69) is 15.9 Å². The maximum absolute atomic E-state index is 10.9. The average Bonchev–Trinajstić information content (AvgIpc) is 1.96. The number of hydrogen-bond donors (Lipinski definition) is 0. The monoisotopic (exact) mass is 246 g/mol. The molecule has 0 aromatic heterocycles.